The number of hydrogen-bond donors (Lipinski definition) is 1. The van der Waals surface area contributed by atoms with Gasteiger partial charge >= 0.3 is 0 Å². The number of anilines is 1. The minimum Gasteiger partial charge on any atom is -0.489 e. The molecule has 1 aromatic heterocycles. The van der Waals surface area contributed by atoms with Crippen molar-refractivity contribution in [2.24, 2.45) is 0 Å². The molecular formula is C20H16FNO4S. The monoisotopic (exact) mass is 385 g/mol. The molecule has 0 saturated heterocycles. The van der Waals surface area contributed by atoms with E-state index in [4.69, 9.17) is 14.2 Å². The van der Waals surface area contributed by atoms with Crippen LogP contribution in [0.2, 0.25) is 0 Å². The number of rotatable bonds is 5. The predicted octanol–water partition coefficient (Wildman–Crippen LogP) is 4.76. The molecule has 0 aliphatic carbocycles. The molecule has 0 radical (unpaired) electrons. The van der Waals surface area contributed by atoms with Crippen molar-refractivity contribution in [3.05, 3.63) is 69.7 Å². The fourth-order valence-corrected chi connectivity index (χ4v) is 3.41. The summed E-state index contributed by atoms with van der Waals surface area (Å²) < 4.78 is 30.1. The molecule has 3 aromatic rings. The maximum atomic E-state index is 13.8. The Labute approximate surface area is 159 Å². The highest BCUT2D eigenvalue weighted by Gasteiger charge is 2.15. The van der Waals surface area contributed by atoms with E-state index in [1.165, 1.54) is 17.4 Å². The molecule has 27 heavy (non-hydrogen) atoms. The van der Waals surface area contributed by atoms with Gasteiger partial charge in [-0.25, -0.2) is 4.39 Å². The number of aryl methyl sites for hydroxylation is 1. The number of thiophene rings is 1. The van der Waals surface area contributed by atoms with Gasteiger partial charge in [-0.2, -0.15) is 0 Å². The molecule has 0 fully saturated rings. The van der Waals surface area contributed by atoms with E-state index < -0.39 is 5.82 Å². The summed E-state index contributed by atoms with van der Waals surface area (Å²) in [7, 11) is 0. The van der Waals surface area contributed by atoms with Crippen molar-refractivity contribution in [1.82, 2.24) is 0 Å². The molecule has 138 valence electrons. The summed E-state index contributed by atoms with van der Waals surface area (Å²) >= 11 is 1.28. The number of halogens is 1. The lowest BCUT2D eigenvalue weighted by Gasteiger charge is -2.06. The first-order valence-electron chi connectivity index (χ1n) is 8.26. The molecule has 0 unspecified atom stereocenters. The van der Waals surface area contributed by atoms with Crippen LogP contribution < -0.4 is 19.5 Å². The minimum absolute atomic E-state index is 0.173. The van der Waals surface area contributed by atoms with E-state index in [1.54, 1.807) is 36.4 Å². The molecule has 2 heterocycles. The second-order valence-electron chi connectivity index (χ2n) is 6.06. The summed E-state index contributed by atoms with van der Waals surface area (Å²) in [4.78, 5) is 12.8. The van der Waals surface area contributed by atoms with Gasteiger partial charge in [-0.15, -0.1) is 11.3 Å². The van der Waals surface area contributed by atoms with Crippen LogP contribution in [0.1, 0.15) is 20.8 Å². The van der Waals surface area contributed by atoms with E-state index in [1.807, 2.05) is 12.3 Å². The molecule has 5 nitrogen and oxygen atoms in total. The zero-order valence-corrected chi connectivity index (χ0v) is 15.3. The molecule has 4 rings (SSSR count). The van der Waals surface area contributed by atoms with Gasteiger partial charge in [0, 0.05) is 11.6 Å². The van der Waals surface area contributed by atoms with E-state index >= 15 is 0 Å². The number of amides is 1. The summed E-state index contributed by atoms with van der Waals surface area (Å²) in [6, 6.07) is 11.7. The number of hydrogen-bond acceptors (Lipinski definition) is 5. The smallest absolute Gasteiger partial charge is 0.265 e. The fourth-order valence-electron chi connectivity index (χ4n) is 2.62. The highest BCUT2D eigenvalue weighted by Crippen LogP contribution is 2.35. The van der Waals surface area contributed by atoms with Gasteiger partial charge in [-0.3, -0.25) is 4.79 Å². The third-order valence-electron chi connectivity index (χ3n) is 4.00. The molecule has 0 saturated carbocycles. The van der Waals surface area contributed by atoms with Gasteiger partial charge in [-0.05, 0) is 48.2 Å². The highest BCUT2D eigenvalue weighted by molar-refractivity contribution is 7.12. The summed E-state index contributed by atoms with van der Waals surface area (Å²) in [5.74, 6) is 1.19. The average Bonchev–Trinajstić information content (AvgIpc) is 3.31. The molecule has 7 heteroatoms. The van der Waals surface area contributed by atoms with Crippen LogP contribution in [-0.4, -0.2) is 12.7 Å². The van der Waals surface area contributed by atoms with Gasteiger partial charge < -0.3 is 19.5 Å². The largest absolute Gasteiger partial charge is 0.489 e. The summed E-state index contributed by atoms with van der Waals surface area (Å²) in [6.07, 6.45) is 0. The standard InChI is InChI=1S/C20H16FNO4S/c1-12-2-4-15(21)16(6-12)22-20(23)19-7-13(10-27-19)9-24-14-3-5-17-18(8-14)26-11-25-17/h2-8,10H,9,11H2,1H3,(H,22,23). The molecule has 1 N–H and O–H groups in total. The normalized spacial score (nSPS) is 12.1. The molecule has 2 aromatic carbocycles. The van der Waals surface area contributed by atoms with Crippen molar-refractivity contribution in [2.45, 2.75) is 13.5 Å². The van der Waals surface area contributed by atoms with Crippen LogP contribution in [0.4, 0.5) is 10.1 Å². The highest BCUT2D eigenvalue weighted by atomic mass is 32.1. The Morgan fingerprint density at radius 3 is 2.93 bits per heavy atom. The first-order chi connectivity index (χ1) is 13.1. The SMILES string of the molecule is Cc1ccc(F)c(NC(=O)c2cc(COc3ccc4c(c3)OCO4)cs2)c1. The van der Waals surface area contributed by atoms with Crippen molar-refractivity contribution in [1.29, 1.82) is 0 Å². The van der Waals surface area contributed by atoms with Gasteiger partial charge in [0.2, 0.25) is 6.79 Å². The molecular weight excluding hydrogens is 369 g/mol. The maximum absolute atomic E-state index is 13.8. The third-order valence-corrected chi connectivity index (χ3v) is 4.97. The minimum atomic E-state index is -0.461. The molecule has 1 aliphatic heterocycles. The van der Waals surface area contributed by atoms with Crippen LogP contribution in [0.15, 0.2) is 47.8 Å². The van der Waals surface area contributed by atoms with Crippen LogP contribution in [0, 0.1) is 12.7 Å². The van der Waals surface area contributed by atoms with E-state index in [-0.39, 0.29) is 18.4 Å². The number of ether oxygens (including phenoxy) is 3. The Kier molecular flexibility index (Phi) is 4.68. The van der Waals surface area contributed by atoms with Crippen molar-refractivity contribution < 1.29 is 23.4 Å². The topological polar surface area (TPSA) is 56.8 Å². The van der Waals surface area contributed by atoms with Crippen LogP contribution >= 0.6 is 11.3 Å². The maximum Gasteiger partial charge on any atom is 0.265 e. The third kappa shape index (κ3) is 3.88. The Balaban J connectivity index is 1.39. The van der Waals surface area contributed by atoms with Crippen LogP contribution in [-0.2, 0) is 6.61 Å². The quantitative estimate of drug-likeness (QED) is 0.688. The summed E-state index contributed by atoms with van der Waals surface area (Å²) in [6.45, 7) is 2.36. The van der Waals surface area contributed by atoms with Gasteiger partial charge in [-0.1, -0.05) is 6.07 Å². The lowest BCUT2D eigenvalue weighted by molar-refractivity contribution is 0.103. The van der Waals surface area contributed by atoms with Crippen molar-refractivity contribution in [2.75, 3.05) is 12.1 Å². The van der Waals surface area contributed by atoms with Crippen molar-refractivity contribution in [3.63, 3.8) is 0 Å². The zero-order chi connectivity index (χ0) is 18.8. The van der Waals surface area contributed by atoms with Crippen LogP contribution in [0.25, 0.3) is 0 Å². The summed E-state index contributed by atoms with van der Waals surface area (Å²) in [5, 5.41) is 4.45. The van der Waals surface area contributed by atoms with Crippen LogP contribution in [0.5, 0.6) is 17.2 Å². The fraction of sp³-hybridized carbons (Fsp3) is 0.150. The second-order valence-corrected chi connectivity index (χ2v) is 6.97. The lowest BCUT2D eigenvalue weighted by Crippen LogP contribution is -2.11. The lowest BCUT2D eigenvalue weighted by atomic mass is 10.2. The van der Waals surface area contributed by atoms with E-state index in [2.05, 4.69) is 5.32 Å². The predicted molar refractivity (Wildman–Crippen MR) is 100 cm³/mol. The first-order valence-corrected chi connectivity index (χ1v) is 9.14. The number of carbonyl (C=O) groups excluding carboxylic acids is 1. The Bertz CT molecular complexity index is 1000. The first kappa shape index (κ1) is 17.4. The molecule has 0 spiro atoms. The number of fused-ring (bicyclic) bond motifs is 1. The second kappa shape index (κ2) is 7.28. The number of benzene rings is 2. The Morgan fingerprint density at radius 2 is 2.04 bits per heavy atom. The molecule has 0 atom stereocenters. The molecule has 1 aliphatic rings. The zero-order valence-electron chi connectivity index (χ0n) is 14.5. The van der Waals surface area contributed by atoms with Gasteiger partial charge in [0.1, 0.15) is 18.2 Å². The van der Waals surface area contributed by atoms with Crippen LogP contribution in [0.3, 0.4) is 0 Å². The van der Waals surface area contributed by atoms with E-state index in [0.29, 0.717) is 28.7 Å². The average molecular weight is 385 g/mol. The number of carbonyl (C=O) groups is 1. The Hall–Kier alpha value is -3.06. The van der Waals surface area contributed by atoms with Crippen molar-refractivity contribution >= 4 is 22.9 Å². The molecule has 0 bridgehead atoms. The van der Waals surface area contributed by atoms with E-state index in [9.17, 15) is 9.18 Å². The van der Waals surface area contributed by atoms with Crippen molar-refractivity contribution in [3.8, 4) is 17.2 Å². The van der Waals surface area contributed by atoms with Gasteiger partial charge in [0.25, 0.3) is 5.91 Å². The van der Waals surface area contributed by atoms with Gasteiger partial charge in [0.05, 0.1) is 10.6 Å². The number of nitrogens with one attached hydrogen (secondary N) is 1. The summed E-state index contributed by atoms with van der Waals surface area (Å²) in [5.41, 5.74) is 1.90. The molecule has 1 amide bonds. The van der Waals surface area contributed by atoms with Gasteiger partial charge in [0.15, 0.2) is 11.5 Å². The Morgan fingerprint density at radius 1 is 1.19 bits per heavy atom. The van der Waals surface area contributed by atoms with E-state index in [0.717, 1.165) is 11.1 Å².